The van der Waals surface area contributed by atoms with Crippen LogP contribution in [0.1, 0.15) is 49.7 Å². The molecule has 0 atom stereocenters. The van der Waals surface area contributed by atoms with E-state index < -0.39 is 0 Å². The van der Waals surface area contributed by atoms with Crippen LogP contribution in [0.3, 0.4) is 0 Å². The maximum Gasteiger partial charge on any atom is 0.222 e. The van der Waals surface area contributed by atoms with Crippen LogP contribution in [0.5, 0.6) is 0 Å². The van der Waals surface area contributed by atoms with E-state index in [0.29, 0.717) is 5.91 Å². The predicted octanol–water partition coefficient (Wildman–Crippen LogP) is 2.19. The van der Waals surface area contributed by atoms with Gasteiger partial charge in [-0.1, -0.05) is 49.9 Å². The molecule has 1 saturated heterocycles. The third-order valence-corrected chi connectivity index (χ3v) is 5.77. The lowest BCUT2D eigenvalue weighted by Crippen LogP contribution is -3.13. The van der Waals surface area contributed by atoms with Crippen LogP contribution in [0.4, 0.5) is 0 Å². The molecule has 0 unspecified atom stereocenters. The lowest BCUT2D eigenvalue weighted by molar-refractivity contribution is -0.917. The first kappa shape index (κ1) is 16.5. The van der Waals surface area contributed by atoms with E-state index >= 15 is 0 Å². The Morgan fingerprint density at radius 1 is 1.17 bits per heavy atom. The molecule has 23 heavy (non-hydrogen) atoms. The number of rotatable bonds is 5. The van der Waals surface area contributed by atoms with Gasteiger partial charge >= 0.3 is 0 Å². The Labute approximate surface area is 140 Å². The number of hydrogen-bond acceptors (Lipinski definition) is 1. The number of carbonyl (C=O) groups is 1. The summed E-state index contributed by atoms with van der Waals surface area (Å²) in [6, 6.07) is 8.67. The third kappa shape index (κ3) is 4.57. The molecular weight excluding hydrogens is 284 g/mol. The number of piperazine rings is 1. The van der Waals surface area contributed by atoms with Crippen LogP contribution in [-0.2, 0) is 11.3 Å². The summed E-state index contributed by atoms with van der Waals surface area (Å²) in [5, 5.41) is 0. The maximum absolute atomic E-state index is 12.4. The van der Waals surface area contributed by atoms with Crippen molar-refractivity contribution in [1.82, 2.24) is 4.90 Å². The summed E-state index contributed by atoms with van der Waals surface area (Å²) in [6.45, 7) is 7.33. The van der Waals surface area contributed by atoms with Crippen molar-refractivity contribution in [3.63, 3.8) is 0 Å². The van der Waals surface area contributed by atoms with Crippen molar-refractivity contribution in [3.8, 4) is 0 Å². The molecule has 1 aliphatic heterocycles. The number of nitrogens with zero attached hydrogens (tertiary/aromatic N) is 1. The Kier molecular flexibility index (Phi) is 5.71. The van der Waals surface area contributed by atoms with E-state index in [0.717, 1.165) is 51.5 Å². The molecule has 3 nitrogen and oxygen atoms in total. The molecule has 0 bridgehead atoms. The lowest BCUT2D eigenvalue weighted by Gasteiger charge is -2.32. The molecule has 0 aromatic heterocycles. The monoisotopic (exact) mass is 315 g/mol. The van der Waals surface area contributed by atoms with Crippen molar-refractivity contribution in [2.24, 2.45) is 5.92 Å². The van der Waals surface area contributed by atoms with E-state index in [9.17, 15) is 4.79 Å². The van der Waals surface area contributed by atoms with E-state index in [2.05, 4.69) is 36.1 Å². The van der Waals surface area contributed by atoms with Crippen LogP contribution in [0.2, 0.25) is 0 Å². The molecule has 3 rings (SSSR count). The molecule has 2 fully saturated rings. The van der Waals surface area contributed by atoms with E-state index in [-0.39, 0.29) is 0 Å². The standard InChI is InChI=1S/C20H30N2O/c1-17-6-2-5-9-19(17)16-21-12-14-22(15-13-21)20(23)11-10-18-7-3-4-8-18/h2,5-6,9,18H,3-4,7-8,10-16H2,1H3/p+1. The largest absolute Gasteiger partial charge is 0.331 e. The van der Waals surface area contributed by atoms with Gasteiger partial charge in [0.25, 0.3) is 0 Å². The molecule has 1 aromatic carbocycles. The molecule has 1 aromatic rings. The van der Waals surface area contributed by atoms with E-state index in [4.69, 9.17) is 0 Å². The molecular formula is C20H31N2O+. The smallest absolute Gasteiger partial charge is 0.222 e. The SMILES string of the molecule is Cc1ccccc1C[NH+]1CCN(C(=O)CCC2CCCC2)CC1. The fraction of sp³-hybridized carbons (Fsp3) is 0.650. The van der Waals surface area contributed by atoms with Gasteiger partial charge in [0.15, 0.2) is 0 Å². The maximum atomic E-state index is 12.4. The summed E-state index contributed by atoms with van der Waals surface area (Å²) >= 11 is 0. The van der Waals surface area contributed by atoms with Crippen LogP contribution < -0.4 is 4.90 Å². The minimum atomic E-state index is 0.395. The fourth-order valence-corrected chi connectivity index (χ4v) is 4.11. The van der Waals surface area contributed by atoms with Crippen LogP contribution >= 0.6 is 0 Å². The van der Waals surface area contributed by atoms with Gasteiger partial charge in [-0.25, -0.2) is 0 Å². The number of benzene rings is 1. The second kappa shape index (κ2) is 7.96. The van der Waals surface area contributed by atoms with Crippen molar-refractivity contribution in [2.45, 2.75) is 52.0 Å². The predicted molar refractivity (Wildman–Crippen MR) is 93.4 cm³/mol. The van der Waals surface area contributed by atoms with Gasteiger partial charge in [-0.15, -0.1) is 0 Å². The van der Waals surface area contributed by atoms with E-state index in [1.165, 1.54) is 36.8 Å². The van der Waals surface area contributed by atoms with Gasteiger partial charge in [0.1, 0.15) is 6.54 Å². The first-order chi connectivity index (χ1) is 11.2. The lowest BCUT2D eigenvalue weighted by atomic mass is 10.0. The van der Waals surface area contributed by atoms with Gasteiger partial charge in [-0.3, -0.25) is 4.79 Å². The van der Waals surface area contributed by atoms with E-state index in [1.54, 1.807) is 4.90 Å². The van der Waals surface area contributed by atoms with Crippen molar-refractivity contribution in [3.05, 3.63) is 35.4 Å². The molecule has 1 heterocycles. The highest BCUT2D eigenvalue weighted by Gasteiger charge is 2.25. The summed E-state index contributed by atoms with van der Waals surface area (Å²) in [6.07, 6.45) is 7.34. The van der Waals surface area contributed by atoms with Crippen LogP contribution in [0.15, 0.2) is 24.3 Å². The molecule has 126 valence electrons. The zero-order valence-corrected chi connectivity index (χ0v) is 14.5. The second-order valence-electron chi connectivity index (χ2n) is 7.42. The molecule has 1 saturated carbocycles. The number of quaternary nitrogens is 1. The highest BCUT2D eigenvalue weighted by atomic mass is 16.2. The summed E-state index contributed by atoms with van der Waals surface area (Å²) in [5.41, 5.74) is 2.83. The first-order valence-electron chi connectivity index (χ1n) is 9.38. The summed E-state index contributed by atoms with van der Waals surface area (Å²) in [7, 11) is 0. The van der Waals surface area contributed by atoms with Crippen LogP contribution in [0.25, 0.3) is 0 Å². The fourth-order valence-electron chi connectivity index (χ4n) is 4.11. The number of aryl methyl sites for hydroxylation is 1. The van der Waals surface area contributed by atoms with Crippen molar-refractivity contribution in [2.75, 3.05) is 26.2 Å². The van der Waals surface area contributed by atoms with Gasteiger partial charge < -0.3 is 9.80 Å². The number of hydrogen-bond donors (Lipinski definition) is 1. The van der Waals surface area contributed by atoms with Crippen molar-refractivity contribution >= 4 is 5.91 Å². The highest BCUT2D eigenvalue weighted by molar-refractivity contribution is 5.76. The van der Waals surface area contributed by atoms with Gasteiger partial charge in [-0.2, -0.15) is 0 Å². The molecule has 1 aliphatic carbocycles. The molecule has 3 heteroatoms. The topological polar surface area (TPSA) is 24.8 Å². The third-order valence-electron chi connectivity index (χ3n) is 5.77. The second-order valence-corrected chi connectivity index (χ2v) is 7.42. The quantitative estimate of drug-likeness (QED) is 0.885. The Morgan fingerprint density at radius 3 is 2.57 bits per heavy atom. The molecule has 0 radical (unpaired) electrons. The average molecular weight is 315 g/mol. The van der Waals surface area contributed by atoms with Gasteiger partial charge in [0, 0.05) is 12.0 Å². The van der Waals surface area contributed by atoms with Crippen LogP contribution in [-0.4, -0.2) is 37.0 Å². The summed E-state index contributed by atoms with van der Waals surface area (Å²) < 4.78 is 0. The first-order valence-corrected chi connectivity index (χ1v) is 9.38. The number of nitrogens with one attached hydrogen (secondary N) is 1. The Morgan fingerprint density at radius 2 is 1.87 bits per heavy atom. The van der Waals surface area contributed by atoms with Gasteiger partial charge in [0.2, 0.25) is 5.91 Å². The minimum Gasteiger partial charge on any atom is -0.331 e. The summed E-state index contributed by atoms with van der Waals surface area (Å²) in [5.74, 6) is 1.22. The van der Waals surface area contributed by atoms with Crippen molar-refractivity contribution < 1.29 is 9.69 Å². The Balaban J connectivity index is 1.41. The normalized spacial score (nSPS) is 20.1. The molecule has 1 amide bonds. The zero-order valence-electron chi connectivity index (χ0n) is 14.5. The number of amides is 1. The molecule has 1 N–H and O–H groups in total. The molecule has 2 aliphatic rings. The minimum absolute atomic E-state index is 0.395. The Hall–Kier alpha value is -1.35. The Bertz CT molecular complexity index is 514. The van der Waals surface area contributed by atoms with Crippen molar-refractivity contribution in [1.29, 1.82) is 0 Å². The van der Waals surface area contributed by atoms with E-state index in [1.807, 2.05) is 0 Å². The highest BCUT2D eigenvalue weighted by Crippen LogP contribution is 2.28. The summed E-state index contributed by atoms with van der Waals surface area (Å²) in [4.78, 5) is 16.1. The zero-order chi connectivity index (χ0) is 16.1. The molecule has 0 spiro atoms. The van der Waals surface area contributed by atoms with Gasteiger partial charge in [-0.05, 0) is 24.8 Å². The van der Waals surface area contributed by atoms with Crippen LogP contribution in [0, 0.1) is 12.8 Å². The number of carbonyl (C=O) groups excluding carboxylic acids is 1. The van der Waals surface area contributed by atoms with Gasteiger partial charge in [0.05, 0.1) is 26.2 Å². The average Bonchev–Trinajstić information content (AvgIpc) is 3.09.